The van der Waals surface area contributed by atoms with Gasteiger partial charge in [-0.2, -0.15) is 0 Å². The summed E-state index contributed by atoms with van der Waals surface area (Å²) in [6.07, 6.45) is 0. The molecule has 1 aliphatic heterocycles. The Kier molecular flexibility index (Phi) is 3.56. The second-order valence-electron chi connectivity index (χ2n) is 6.62. The number of ether oxygens (including phenoxy) is 1. The lowest BCUT2D eigenvalue weighted by molar-refractivity contribution is 0.0283. The highest BCUT2D eigenvalue weighted by molar-refractivity contribution is 5.83. The zero-order valence-corrected chi connectivity index (χ0v) is 14.0. The first kappa shape index (κ1) is 15.2. The molecule has 0 amide bonds. The molecule has 0 spiro atoms. The third kappa shape index (κ3) is 2.37. The van der Waals surface area contributed by atoms with E-state index in [0.29, 0.717) is 6.54 Å². The van der Waals surface area contributed by atoms with E-state index in [1.54, 1.807) is 7.11 Å². The molecule has 0 radical (unpaired) electrons. The topological polar surface area (TPSA) is 32.7 Å². The van der Waals surface area contributed by atoms with Crippen LogP contribution in [0.4, 0.5) is 0 Å². The van der Waals surface area contributed by atoms with Crippen LogP contribution in [0.2, 0.25) is 0 Å². The van der Waals surface area contributed by atoms with Crippen molar-refractivity contribution in [3.63, 3.8) is 0 Å². The van der Waals surface area contributed by atoms with Crippen LogP contribution in [-0.4, -0.2) is 30.7 Å². The van der Waals surface area contributed by atoms with Crippen molar-refractivity contribution >= 4 is 10.8 Å². The number of hydrogen-bond acceptors (Lipinski definition) is 3. The molecule has 0 bridgehead atoms. The third-order valence-electron chi connectivity index (χ3n) is 4.92. The molecule has 0 saturated heterocycles. The van der Waals surface area contributed by atoms with Crippen molar-refractivity contribution in [1.29, 1.82) is 0 Å². The van der Waals surface area contributed by atoms with Crippen LogP contribution in [0.25, 0.3) is 10.8 Å². The van der Waals surface area contributed by atoms with Crippen molar-refractivity contribution in [1.82, 2.24) is 4.90 Å². The normalized spacial score (nSPS) is 20.8. The molecule has 1 unspecified atom stereocenters. The lowest BCUT2D eigenvalue weighted by Gasteiger charge is -2.40. The molecule has 122 valence electrons. The highest BCUT2D eigenvalue weighted by Gasteiger charge is 2.38. The van der Waals surface area contributed by atoms with Gasteiger partial charge in [0.2, 0.25) is 0 Å². The molecule has 0 aliphatic carbocycles. The number of β-amino-alcohol motifs (C(OH)–C–C–N with tert-alkyl or cyclic N) is 1. The van der Waals surface area contributed by atoms with Gasteiger partial charge in [0.15, 0.2) is 0 Å². The van der Waals surface area contributed by atoms with E-state index in [1.165, 1.54) is 5.39 Å². The van der Waals surface area contributed by atoms with Crippen molar-refractivity contribution in [2.24, 2.45) is 0 Å². The average Bonchev–Trinajstić information content (AvgIpc) is 2.60. The molecule has 1 aliphatic rings. The lowest BCUT2D eigenvalue weighted by Crippen LogP contribution is -2.44. The summed E-state index contributed by atoms with van der Waals surface area (Å²) in [4.78, 5) is 2.15. The van der Waals surface area contributed by atoms with E-state index in [9.17, 15) is 5.11 Å². The van der Waals surface area contributed by atoms with Gasteiger partial charge in [0, 0.05) is 13.1 Å². The summed E-state index contributed by atoms with van der Waals surface area (Å²) in [5.74, 6) is 0.824. The number of aliphatic hydroxyl groups is 1. The smallest absolute Gasteiger partial charge is 0.128 e. The fraction of sp³-hybridized carbons (Fsp3) is 0.238. The van der Waals surface area contributed by atoms with Crippen LogP contribution in [0, 0.1) is 0 Å². The van der Waals surface area contributed by atoms with Gasteiger partial charge in [-0.05, 0) is 52.7 Å². The summed E-state index contributed by atoms with van der Waals surface area (Å²) >= 11 is 0. The van der Waals surface area contributed by atoms with E-state index in [2.05, 4.69) is 29.2 Å². The molecule has 1 heterocycles. The molecule has 3 aromatic carbocycles. The molecular formula is C21H21NO2. The van der Waals surface area contributed by atoms with Crippen LogP contribution in [0.3, 0.4) is 0 Å². The maximum absolute atomic E-state index is 11.6. The number of nitrogens with zero attached hydrogens (tertiary/aromatic N) is 1. The Morgan fingerprint density at radius 3 is 2.58 bits per heavy atom. The molecule has 1 atom stereocenters. The van der Waals surface area contributed by atoms with Crippen LogP contribution < -0.4 is 4.74 Å². The molecule has 24 heavy (non-hydrogen) atoms. The predicted octanol–water partition coefficient (Wildman–Crippen LogP) is 3.53. The maximum atomic E-state index is 11.6. The quantitative estimate of drug-likeness (QED) is 0.784. The van der Waals surface area contributed by atoms with Gasteiger partial charge in [-0.3, -0.25) is 4.90 Å². The monoisotopic (exact) mass is 319 g/mol. The second kappa shape index (κ2) is 5.62. The fourth-order valence-electron chi connectivity index (χ4n) is 3.75. The van der Waals surface area contributed by atoms with E-state index in [4.69, 9.17) is 4.74 Å². The first-order valence-corrected chi connectivity index (χ1v) is 8.18. The number of methoxy groups -OCH3 is 1. The summed E-state index contributed by atoms with van der Waals surface area (Å²) in [5.41, 5.74) is 1.99. The van der Waals surface area contributed by atoms with Crippen molar-refractivity contribution < 1.29 is 9.84 Å². The summed E-state index contributed by atoms with van der Waals surface area (Å²) in [7, 11) is 3.71. The number of hydrogen-bond donors (Lipinski definition) is 1. The summed E-state index contributed by atoms with van der Waals surface area (Å²) in [5, 5.41) is 13.9. The summed E-state index contributed by atoms with van der Waals surface area (Å²) in [6.45, 7) is 1.38. The van der Waals surface area contributed by atoms with Crippen molar-refractivity contribution in [2.75, 3.05) is 20.7 Å². The fourth-order valence-corrected chi connectivity index (χ4v) is 3.75. The van der Waals surface area contributed by atoms with Gasteiger partial charge in [0.05, 0.1) is 7.11 Å². The van der Waals surface area contributed by atoms with Crippen molar-refractivity contribution in [3.8, 4) is 5.75 Å². The zero-order valence-electron chi connectivity index (χ0n) is 14.0. The number of fused-ring (bicyclic) bond motifs is 2. The van der Waals surface area contributed by atoms with Gasteiger partial charge in [-0.15, -0.1) is 0 Å². The molecule has 3 aromatic rings. The highest BCUT2D eigenvalue weighted by atomic mass is 16.5. The van der Waals surface area contributed by atoms with Crippen LogP contribution in [0.1, 0.15) is 16.7 Å². The average molecular weight is 319 g/mol. The first-order valence-electron chi connectivity index (χ1n) is 8.18. The zero-order chi connectivity index (χ0) is 16.7. The van der Waals surface area contributed by atoms with Crippen LogP contribution >= 0.6 is 0 Å². The van der Waals surface area contributed by atoms with Crippen LogP contribution in [0.15, 0.2) is 60.7 Å². The third-order valence-corrected chi connectivity index (χ3v) is 4.92. The predicted molar refractivity (Wildman–Crippen MR) is 96.3 cm³/mol. The number of benzene rings is 3. The largest absolute Gasteiger partial charge is 0.497 e. The van der Waals surface area contributed by atoms with E-state index in [0.717, 1.165) is 34.4 Å². The molecule has 0 fully saturated rings. The highest BCUT2D eigenvalue weighted by Crippen LogP contribution is 2.39. The Morgan fingerprint density at radius 1 is 1.00 bits per heavy atom. The van der Waals surface area contributed by atoms with E-state index in [1.807, 2.05) is 43.4 Å². The number of likely N-dealkylation sites (N-methyl/N-ethyl adjacent to an activating group) is 1. The van der Waals surface area contributed by atoms with E-state index in [-0.39, 0.29) is 0 Å². The molecule has 0 aromatic heterocycles. The van der Waals surface area contributed by atoms with Gasteiger partial charge < -0.3 is 9.84 Å². The number of rotatable bonds is 2. The van der Waals surface area contributed by atoms with E-state index >= 15 is 0 Å². The second-order valence-corrected chi connectivity index (χ2v) is 6.62. The minimum Gasteiger partial charge on any atom is -0.497 e. The lowest BCUT2D eigenvalue weighted by atomic mass is 9.80. The molecule has 3 heteroatoms. The van der Waals surface area contributed by atoms with Gasteiger partial charge in [0.1, 0.15) is 11.4 Å². The minimum atomic E-state index is -1.02. The Labute approximate surface area is 142 Å². The van der Waals surface area contributed by atoms with Crippen molar-refractivity contribution in [3.05, 3.63) is 77.4 Å². The van der Waals surface area contributed by atoms with Crippen LogP contribution in [-0.2, 0) is 12.1 Å². The first-order chi connectivity index (χ1) is 11.6. The standard InChI is InChI=1S/C21H21NO2/c1-22-13-17-12-19(24-2)9-10-20(17)21(23,14-22)18-8-7-15-5-3-4-6-16(15)11-18/h3-12,23H,13-14H2,1-2H3. The molecule has 0 saturated carbocycles. The van der Waals surface area contributed by atoms with Gasteiger partial charge in [0.25, 0.3) is 0 Å². The molecular weight excluding hydrogens is 298 g/mol. The van der Waals surface area contributed by atoms with Gasteiger partial charge >= 0.3 is 0 Å². The maximum Gasteiger partial charge on any atom is 0.128 e. The Balaban J connectivity index is 1.89. The van der Waals surface area contributed by atoms with Crippen molar-refractivity contribution in [2.45, 2.75) is 12.1 Å². The summed E-state index contributed by atoms with van der Waals surface area (Å²) in [6, 6.07) is 20.4. The van der Waals surface area contributed by atoms with Gasteiger partial charge in [-0.25, -0.2) is 0 Å². The SMILES string of the molecule is COc1ccc2c(c1)CN(C)CC2(O)c1ccc2ccccc2c1. The Bertz CT molecular complexity index is 905. The minimum absolute atomic E-state index is 0.574. The Morgan fingerprint density at radius 2 is 1.79 bits per heavy atom. The van der Waals surface area contributed by atoms with Gasteiger partial charge in [-0.1, -0.05) is 42.5 Å². The van der Waals surface area contributed by atoms with Crippen LogP contribution in [0.5, 0.6) is 5.75 Å². The molecule has 4 rings (SSSR count). The molecule has 3 nitrogen and oxygen atoms in total. The van der Waals surface area contributed by atoms with E-state index < -0.39 is 5.60 Å². The summed E-state index contributed by atoms with van der Waals surface area (Å²) < 4.78 is 5.35. The Hall–Kier alpha value is -2.36. The molecule has 1 N–H and O–H groups in total.